The van der Waals surface area contributed by atoms with Crippen LogP contribution in [-0.4, -0.2) is 32.8 Å². The van der Waals surface area contributed by atoms with E-state index in [4.69, 9.17) is 18.9 Å². The molecule has 148 valence electrons. The third-order valence-corrected chi connectivity index (χ3v) is 4.33. The molecule has 0 aliphatic carbocycles. The lowest BCUT2D eigenvalue weighted by Gasteiger charge is -2.21. The Bertz CT molecular complexity index is 828. The van der Waals surface area contributed by atoms with Crippen molar-refractivity contribution >= 4 is 12.0 Å². The molecule has 1 atom stereocenters. The first-order valence-electron chi connectivity index (χ1n) is 9.29. The highest BCUT2D eigenvalue weighted by Gasteiger charge is 2.18. The van der Waals surface area contributed by atoms with Gasteiger partial charge < -0.3 is 24.3 Å². The van der Waals surface area contributed by atoms with Gasteiger partial charge in [0.1, 0.15) is 19.0 Å². The molecule has 1 amide bonds. The van der Waals surface area contributed by atoms with Crippen LogP contribution in [0.2, 0.25) is 0 Å². The summed E-state index contributed by atoms with van der Waals surface area (Å²) in [7, 11) is 1.58. The van der Waals surface area contributed by atoms with Crippen LogP contribution < -0.4 is 24.3 Å². The normalized spacial score (nSPS) is 13.8. The smallest absolute Gasteiger partial charge is 0.244 e. The Labute approximate surface area is 165 Å². The zero-order chi connectivity index (χ0) is 19.9. The van der Waals surface area contributed by atoms with Crippen LogP contribution >= 0.6 is 0 Å². The summed E-state index contributed by atoms with van der Waals surface area (Å²) in [6.07, 6.45) is 3.22. The van der Waals surface area contributed by atoms with E-state index in [-0.39, 0.29) is 11.9 Å². The van der Waals surface area contributed by atoms with Gasteiger partial charge in [-0.15, -0.1) is 0 Å². The van der Waals surface area contributed by atoms with E-state index in [1.807, 2.05) is 50.2 Å². The van der Waals surface area contributed by atoms with Crippen molar-refractivity contribution in [3.8, 4) is 23.0 Å². The summed E-state index contributed by atoms with van der Waals surface area (Å²) in [5, 5.41) is 2.96. The second-order valence-corrected chi connectivity index (χ2v) is 6.31. The zero-order valence-corrected chi connectivity index (χ0v) is 16.4. The maximum absolute atomic E-state index is 12.3. The lowest BCUT2D eigenvalue weighted by Crippen LogP contribution is -2.24. The molecule has 3 rings (SSSR count). The summed E-state index contributed by atoms with van der Waals surface area (Å²) < 4.78 is 22.0. The number of hydrogen-bond donors (Lipinski definition) is 1. The quantitative estimate of drug-likeness (QED) is 0.738. The predicted octanol–water partition coefficient (Wildman–Crippen LogP) is 3.76. The molecule has 0 saturated carbocycles. The molecule has 28 heavy (non-hydrogen) atoms. The van der Waals surface area contributed by atoms with Gasteiger partial charge in [0.2, 0.25) is 11.7 Å². The van der Waals surface area contributed by atoms with Crippen molar-refractivity contribution in [3.63, 3.8) is 0 Å². The van der Waals surface area contributed by atoms with Crippen molar-refractivity contribution in [2.24, 2.45) is 0 Å². The lowest BCUT2D eigenvalue weighted by atomic mass is 10.1. The number of nitrogens with one attached hydrogen (secondary N) is 1. The minimum atomic E-state index is -0.185. The van der Waals surface area contributed by atoms with Gasteiger partial charge in [-0.2, -0.15) is 0 Å². The van der Waals surface area contributed by atoms with Gasteiger partial charge >= 0.3 is 0 Å². The molecule has 0 bridgehead atoms. The third kappa shape index (κ3) is 4.76. The first-order chi connectivity index (χ1) is 13.6. The van der Waals surface area contributed by atoms with E-state index < -0.39 is 0 Å². The second kappa shape index (κ2) is 9.17. The summed E-state index contributed by atoms with van der Waals surface area (Å²) in [5.74, 6) is 2.43. The van der Waals surface area contributed by atoms with Gasteiger partial charge in [0.15, 0.2) is 11.5 Å². The summed E-state index contributed by atoms with van der Waals surface area (Å²) in [4.78, 5) is 12.3. The first-order valence-corrected chi connectivity index (χ1v) is 9.29. The van der Waals surface area contributed by atoms with Crippen LogP contribution in [0.5, 0.6) is 23.0 Å². The second-order valence-electron chi connectivity index (χ2n) is 6.31. The molecule has 0 saturated heterocycles. The SMILES string of the molecule is CCOc1ccc(C(C)NC(=O)/C=C/c2cc(OC)c3c(c2)OCCO3)cc1. The van der Waals surface area contributed by atoms with E-state index in [1.54, 1.807) is 13.2 Å². The Morgan fingerprint density at radius 2 is 1.96 bits per heavy atom. The maximum atomic E-state index is 12.3. The average molecular weight is 383 g/mol. The molecule has 0 aromatic heterocycles. The standard InChI is InChI=1S/C22H25NO5/c1-4-26-18-8-6-17(7-9-18)15(2)23-21(24)10-5-16-13-19(25-3)22-20(14-16)27-11-12-28-22/h5-10,13-15H,4,11-12H2,1-3H3,(H,23,24)/b10-5+. The fourth-order valence-electron chi connectivity index (χ4n) is 2.93. The number of hydrogen-bond acceptors (Lipinski definition) is 5. The van der Waals surface area contributed by atoms with Crippen LogP contribution in [0.25, 0.3) is 6.08 Å². The van der Waals surface area contributed by atoms with Gasteiger partial charge in [0.25, 0.3) is 0 Å². The Kier molecular flexibility index (Phi) is 6.42. The number of methoxy groups -OCH3 is 1. The number of carbonyl (C=O) groups excluding carboxylic acids is 1. The molecule has 1 aliphatic heterocycles. The van der Waals surface area contributed by atoms with Crippen LogP contribution in [-0.2, 0) is 4.79 Å². The molecule has 1 heterocycles. The summed E-state index contributed by atoms with van der Waals surface area (Å²) in [6, 6.07) is 11.2. The van der Waals surface area contributed by atoms with Gasteiger partial charge in [0, 0.05) is 6.08 Å². The average Bonchev–Trinajstić information content (AvgIpc) is 2.72. The molecular weight excluding hydrogens is 358 g/mol. The number of benzene rings is 2. The van der Waals surface area contributed by atoms with Crippen molar-refractivity contribution in [1.82, 2.24) is 5.32 Å². The van der Waals surface area contributed by atoms with Crippen LogP contribution in [0.3, 0.4) is 0 Å². The lowest BCUT2D eigenvalue weighted by molar-refractivity contribution is -0.117. The van der Waals surface area contributed by atoms with Crippen molar-refractivity contribution in [1.29, 1.82) is 0 Å². The van der Waals surface area contributed by atoms with Crippen LogP contribution in [0.15, 0.2) is 42.5 Å². The van der Waals surface area contributed by atoms with Crippen molar-refractivity contribution in [2.75, 3.05) is 26.9 Å². The van der Waals surface area contributed by atoms with Gasteiger partial charge in [0.05, 0.1) is 19.8 Å². The highest BCUT2D eigenvalue weighted by atomic mass is 16.6. The highest BCUT2D eigenvalue weighted by Crippen LogP contribution is 2.40. The van der Waals surface area contributed by atoms with E-state index in [1.165, 1.54) is 6.08 Å². The molecule has 1 aliphatic rings. The van der Waals surface area contributed by atoms with E-state index >= 15 is 0 Å². The van der Waals surface area contributed by atoms with E-state index in [0.717, 1.165) is 16.9 Å². The van der Waals surface area contributed by atoms with Gasteiger partial charge in [-0.25, -0.2) is 0 Å². The van der Waals surface area contributed by atoms with E-state index in [9.17, 15) is 4.79 Å². The van der Waals surface area contributed by atoms with Gasteiger partial charge in [-0.3, -0.25) is 4.79 Å². The number of fused-ring (bicyclic) bond motifs is 1. The summed E-state index contributed by atoms with van der Waals surface area (Å²) in [5.41, 5.74) is 1.80. The van der Waals surface area contributed by atoms with Gasteiger partial charge in [-0.1, -0.05) is 12.1 Å². The third-order valence-electron chi connectivity index (χ3n) is 4.33. The number of ether oxygens (including phenoxy) is 4. The van der Waals surface area contributed by atoms with E-state index in [0.29, 0.717) is 37.1 Å². The molecule has 6 nitrogen and oxygen atoms in total. The Balaban J connectivity index is 1.64. The molecule has 2 aromatic rings. The maximum Gasteiger partial charge on any atom is 0.244 e. The molecular formula is C22H25NO5. The van der Waals surface area contributed by atoms with Crippen molar-refractivity contribution in [3.05, 3.63) is 53.6 Å². The minimum Gasteiger partial charge on any atom is -0.494 e. The van der Waals surface area contributed by atoms with E-state index in [2.05, 4.69) is 5.32 Å². The largest absolute Gasteiger partial charge is 0.494 e. The molecule has 0 fully saturated rings. The predicted molar refractivity (Wildman–Crippen MR) is 107 cm³/mol. The summed E-state index contributed by atoms with van der Waals surface area (Å²) >= 11 is 0. The highest BCUT2D eigenvalue weighted by molar-refractivity contribution is 5.92. The molecule has 2 aromatic carbocycles. The Morgan fingerprint density at radius 3 is 2.68 bits per heavy atom. The topological polar surface area (TPSA) is 66.0 Å². The van der Waals surface area contributed by atoms with Crippen LogP contribution in [0.1, 0.15) is 31.0 Å². The zero-order valence-electron chi connectivity index (χ0n) is 16.4. The van der Waals surface area contributed by atoms with Crippen LogP contribution in [0.4, 0.5) is 0 Å². The number of carbonyl (C=O) groups is 1. The first kappa shape index (κ1) is 19.6. The minimum absolute atomic E-state index is 0.123. The summed E-state index contributed by atoms with van der Waals surface area (Å²) in [6.45, 7) is 5.49. The monoisotopic (exact) mass is 383 g/mol. The number of amides is 1. The fraction of sp³-hybridized carbons (Fsp3) is 0.318. The van der Waals surface area contributed by atoms with Crippen molar-refractivity contribution in [2.45, 2.75) is 19.9 Å². The van der Waals surface area contributed by atoms with Crippen molar-refractivity contribution < 1.29 is 23.7 Å². The molecule has 1 N–H and O–H groups in total. The molecule has 6 heteroatoms. The Morgan fingerprint density at radius 1 is 1.21 bits per heavy atom. The van der Waals surface area contributed by atoms with Crippen LogP contribution in [0, 0.1) is 0 Å². The fourth-order valence-corrected chi connectivity index (χ4v) is 2.93. The number of rotatable bonds is 7. The molecule has 0 spiro atoms. The Hall–Kier alpha value is -3.15. The molecule has 1 unspecified atom stereocenters. The van der Waals surface area contributed by atoms with Gasteiger partial charge in [-0.05, 0) is 55.3 Å². The molecule has 0 radical (unpaired) electrons.